The Kier molecular flexibility index (Phi) is 4.83. The lowest BCUT2D eigenvalue weighted by Gasteiger charge is -2.29. The summed E-state index contributed by atoms with van der Waals surface area (Å²) in [5.74, 6) is 0.0405. The molecule has 0 atom stereocenters. The third-order valence-corrected chi connectivity index (χ3v) is 3.95. The number of hydrogen-bond acceptors (Lipinski definition) is 5. The standard InChI is InChI=1S/C18H17N3O5/c1-2-9-20-15-8-5-13(10-16(15)26-11-17(20)22)19-18(23)12-3-6-14(7-4-12)21(24)25/h3-8,10H,2,9,11H2,1H3,(H,19,23). The number of amides is 2. The average molecular weight is 355 g/mol. The lowest BCUT2D eigenvalue weighted by Crippen LogP contribution is -2.39. The van der Waals surface area contributed by atoms with Gasteiger partial charge in [-0.25, -0.2) is 0 Å². The van der Waals surface area contributed by atoms with Gasteiger partial charge in [-0.15, -0.1) is 0 Å². The zero-order valence-corrected chi connectivity index (χ0v) is 14.1. The van der Waals surface area contributed by atoms with Gasteiger partial charge in [0.2, 0.25) is 0 Å². The van der Waals surface area contributed by atoms with Crippen LogP contribution in [0, 0.1) is 10.1 Å². The summed E-state index contributed by atoms with van der Waals surface area (Å²) in [5.41, 5.74) is 1.41. The molecule has 1 aliphatic rings. The number of fused-ring (bicyclic) bond motifs is 1. The first kappa shape index (κ1) is 17.4. The molecule has 1 aliphatic heterocycles. The topological polar surface area (TPSA) is 102 Å². The Balaban J connectivity index is 1.77. The van der Waals surface area contributed by atoms with Crippen molar-refractivity contribution in [3.63, 3.8) is 0 Å². The van der Waals surface area contributed by atoms with E-state index in [0.717, 1.165) is 6.42 Å². The van der Waals surface area contributed by atoms with Gasteiger partial charge >= 0.3 is 0 Å². The molecule has 1 N–H and O–H groups in total. The lowest BCUT2D eigenvalue weighted by atomic mass is 10.1. The van der Waals surface area contributed by atoms with E-state index in [-0.39, 0.29) is 18.2 Å². The van der Waals surface area contributed by atoms with Crippen LogP contribution in [0.1, 0.15) is 23.7 Å². The molecule has 0 aliphatic carbocycles. The molecule has 8 nitrogen and oxygen atoms in total. The van der Waals surface area contributed by atoms with Crippen molar-refractivity contribution >= 4 is 28.9 Å². The quantitative estimate of drug-likeness (QED) is 0.656. The first-order valence-corrected chi connectivity index (χ1v) is 8.12. The van der Waals surface area contributed by atoms with Gasteiger partial charge in [-0.1, -0.05) is 6.92 Å². The minimum atomic E-state index is -0.522. The van der Waals surface area contributed by atoms with Crippen LogP contribution in [0.4, 0.5) is 17.1 Å². The second-order valence-electron chi connectivity index (χ2n) is 5.77. The molecule has 0 bridgehead atoms. The molecular formula is C18H17N3O5. The summed E-state index contributed by atoms with van der Waals surface area (Å²) in [6.45, 7) is 2.55. The number of carbonyl (C=O) groups excluding carboxylic acids is 2. The number of hydrogen-bond donors (Lipinski definition) is 1. The third kappa shape index (κ3) is 3.49. The normalized spacial score (nSPS) is 13.0. The van der Waals surface area contributed by atoms with E-state index in [0.29, 0.717) is 29.2 Å². The van der Waals surface area contributed by atoms with Crippen molar-refractivity contribution in [2.75, 3.05) is 23.4 Å². The van der Waals surface area contributed by atoms with Crippen LogP contribution in [0.3, 0.4) is 0 Å². The van der Waals surface area contributed by atoms with Gasteiger partial charge in [-0.3, -0.25) is 19.7 Å². The Bertz CT molecular complexity index is 864. The lowest BCUT2D eigenvalue weighted by molar-refractivity contribution is -0.384. The summed E-state index contributed by atoms with van der Waals surface area (Å²) < 4.78 is 5.46. The summed E-state index contributed by atoms with van der Waals surface area (Å²) in [6, 6.07) is 10.4. The van der Waals surface area contributed by atoms with E-state index in [4.69, 9.17) is 4.74 Å². The molecule has 0 saturated carbocycles. The van der Waals surface area contributed by atoms with Crippen LogP contribution >= 0.6 is 0 Å². The Hall–Kier alpha value is -3.42. The molecule has 0 unspecified atom stereocenters. The van der Waals surface area contributed by atoms with Gasteiger partial charge in [0.1, 0.15) is 5.75 Å². The van der Waals surface area contributed by atoms with Gasteiger partial charge in [-0.2, -0.15) is 0 Å². The van der Waals surface area contributed by atoms with Crippen molar-refractivity contribution in [2.45, 2.75) is 13.3 Å². The van der Waals surface area contributed by atoms with Gasteiger partial charge in [0.25, 0.3) is 17.5 Å². The van der Waals surface area contributed by atoms with Gasteiger partial charge in [0.05, 0.1) is 10.6 Å². The van der Waals surface area contributed by atoms with E-state index in [1.54, 1.807) is 23.1 Å². The minimum absolute atomic E-state index is 0.0350. The highest BCUT2D eigenvalue weighted by Crippen LogP contribution is 2.34. The van der Waals surface area contributed by atoms with Crippen molar-refractivity contribution in [3.8, 4) is 5.75 Å². The molecule has 0 aromatic heterocycles. The number of benzene rings is 2. The summed E-state index contributed by atoms with van der Waals surface area (Å²) in [6.07, 6.45) is 0.823. The summed E-state index contributed by atoms with van der Waals surface area (Å²) in [4.78, 5) is 36.1. The number of non-ortho nitro benzene ring substituents is 1. The molecule has 0 radical (unpaired) electrons. The van der Waals surface area contributed by atoms with Crippen LogP contribution in [0.2, 0.25) is 0 Å². The molecule has 2 aromatic carbocycles. The predicted octanol–water partition coefficient (Wildman–Crippen LogP) is 2.98. The van der Waals surface area contributed by atoms with E-state index in [2.05, 4.69) is 5.32 Å². The summed E-state index contributed by atoms with van der Waals surface area (Å²) >= 11 is 0. The first-order chi connectivity index (χ1) is 12.5. The molecule has 1 heterocycles. The molecule has 134 valence electrons. The maximum atomic E-state index is 12.3. The van der Waals surface area contributed by atoms with Gasteiger partial charge in [0.15, 0.2) is 6.61 Å². The number of anilines is 2. The molecule has 0 spiro atoms. The smallest absolute Gasteiger partial charge is 0.269 e. The number of ether oxygens (including phenoxy) is 1. The number of nitro benzene ring substituents is 1. The highest BCUT2D eigenvalue weighted by Gasteiger charge is 2.25. The van der Waals surface area contributed by atoms with Gasteiger partial charge in [0, 0.05) is 36.0 Å². The second kappa shape index (κ2) is 7.22. The molecule has 3 rings (SSSR count). The Morgan fingerprint density at radius 2 is 2.00 bits per heavy atom. The van der Waals surface area contributed by atoms with Crippen LogP contribution in [0.5, 0.6) is 5.75 Å². The Morgan fingerprint density at radius 3 is 2.65 bits per heavy atom. The van der Waals surface area contributed by atoms with Crippen molar-refractivity contribution in [1.29, 1.82) is 0 Å². The highest BCUT2D eigenvalue weighted by atomic mass is 16.6. The number of carbonyl (C=O) groups is 2. The summed E-state index contributed by atoms with van der Waals surface area (Å²) in [7, 11) is 0. The van der Waals surface area contributed by atoms with Crippen LogP contribution in [-0.4, -0.2) is 29.9 Å². The zero-order valence-electron chi connectivity index (χ0n) is 14.1. The van der Waals surface area contributed by atoms with E-state index in [1.165, 1.54) is 24.3 Å². The number of nitro groups is 1. The fraction of sp³-hybridized carbons (Fsp3) is 0.222. The summed E-state index contributed by atoms with van der Waals surface area (Å²) in [5, 5.41) is 13.4. The van der Waals surface area contributed by atoms with Crippen LogP contribution < -0.4 is 15.0 Å². The molecule has 0 fully saturated rings. The maximum Gasteiger partial charge on any atom is 0.269 e. The van der Waals surface area contributed by atoms with E-state index >= 15 is 0 Å². The average Bonchev–Trinajstić information content (AvgIpc) is 2.64. The Labute approximate surface area is 149 Å². The molecule has 2 aromatic rings. The van der Waals surface area contributed by atoms with E-state index in [9.17, 15) is 19.7 Å². The van der Waals surface area contributed by atoms with Crippen molar-refractivity contribution in [3.05, 3.63) is 58.1 Å². The van der Waals surface area contributed by atoms with Gasteiger partial charge in [-0.05, 0) is 30.7 Å². The fourth-order valence-corrected chi connectivity index (χ4v) is 2.69. The predicted molar refractivity (Wildman–Crippen MR) is 95.6 cm³/mol. The second-order valence-corrected chi connectivity index (χ2v) is 5.77. The number of nitrogens with zero attached hydrogens (tertiary/aromatic N) is 2. The fourth-order valence-electron chi connectivity index (χ4n) is 2.69. The van der Waals surface area contributed by atoms with Gasteiger partial charge < -0.3 is 15.0 Å². The SMILES string of the molecule is CCCN1C(=O)COc2cc(NC(=O)c3ccc([N+](=O)[O-])cc3)ccc21. The van der Waals surface area contributed by atoms with Crippen LogP contribution in [0.25, 0.3) is 0 Å². The molecule has 26 heavy (non-hydrogen) atoms. The molecule has 2 amide bonds. The third-order valence-electron chi connectivity index (χ3n) is 3.95. The molecular weight excluding hydrogens is 338 g/mol. The largest absolute Gasteiger partial charge is 0.481 e. The number of rotatable bonds is 5. The minimum Gasteiger partial charge on any atom is -0.481 e. The maximum absolute atomic E-state index is 12.3. The van der Waals surface area contributed by atoms with E-state index in [1.807, 2.05) is 6.92 Å². The first-order valence-electron chi connectivity index (χ1n) is 8.12. The monoisotopic (exact) mass is 355 g/mol. The highest BCUT2D eigenvalue weighted by molar-refractivity contribution is 6.05. The molecule has 0 saturated heterocycles. The van der Waals surface area contributed by atoms with Crippen LogP contribution in [0.15, 0.2) is 42.5 Å². The van der Waals surface area contributed by atoms with Crippen molar-refractivity contribution in [2.24, 2.45) is 0 Å². The zero-order chi connectivity index (χ0) is 18.7. The van der Waals surface area contributed by atoms with Crippen molar-refractivity contribution < 1.29 is 19.2 Å². The van der Waals surface area contributed by atoms with Crippen LogP contribution in [-0.2, 0) is 4.79 Å². The molecule has 8 heteroatoms. The Morgan fingerprint density at radius 1 is 1.27 bits per heavy atom. The van der Waals surface area contributed by atoms with E-state index < -0.39 is 10.8 Å². The number of nitrogens with one attached hydrogen (secondary N) is 1. The van der Waals surface area contributed by atoms with Crippen molar-refractivity contribution in [1.82, 2.24) is 0 Å².